The van der Waals surface area contributed by atoms with Crippen LogP contribution in [-0.2, 0) is 11.3 Å². The van der Waals surface area contributed by atoms with E-state index in [0.717, 1.165) is 24.0 Å². The molecule has 0 atom stereocenters. The fourth-order valence-electron chi connectivity index (χ4n) is 2.93. The van der Waals surface area contributed by atoms with Gasteiger partial charge in [0, 0.05) is 6.20 Å². The minimum atomic E-state index is -0.337. The number of benzene rings is 2. The van der Waals surface area contributed by atoms with Gasteiger partial charge in [0.25, 0.3) is 0 Å². The van der Waals surface area contributed by atoms with Gasteiger partial charge < -0.3 is 4.74 Å². The monoisotopic (exact) mass is 351 g/mol. The standard InChI is InChI=1S/C23H29NO2/c1-3-4-5-10-17-22(21-15-11-7-12-16-21)19-24(23(25)26-2)18-20-13-8-6-9-14-20/h6-9,11-16,19H,3-5,10,17-18H2,1-2H3/b22-19+. The van der Waals surface area contributed by atoms with Gasteiger partial charge in [0.1, 0.15) is 0 Å². The molecule has 0 aromatic heterocycles. The molecule has 0 fully saturated rings. The zero-order valence-corrected chi connectivity index (χ0v) is 15.9. The molecule has 0 heterocycles. The van der Waals surface area contributed by atoms with Gasteiger partial charge in [0.05, 0.1) is 13.7 Å². The number of ether oxygens (including phenoxy) is 1. The third kappa shape index (κ3) is 6.40. The Morgan fingerprint density at radius 3 is 2.23 bits per heavy atom. The van der Waals surface area contributed by atoms with E-state index in [4.69, 9.17) is 4.74 Å². The summed E-state index contributed by atoms with van der Waals surface area (Å²) in [5, 5.41) is 0. The molecule has 0 aliphatic heterocycles. The molecule has 0 saturated carbocycles. The van der Waals surface area contributed by atoms with Crippen LogP contribution < -0.4 is 0 Å². The van der Waals surface area contributed by atoms with Crippen molar-refractivity contribution in [3.8, 4) is 0 Å². The van der Waals surface area contributed by atoms with E-state index in [1.165, 1.54) is 31.9 Å². The van der Waals surface area contributed by atoms with Crippen LogP contribution >= 0.6 is 0 Å². The predicted octanol–water partition coefficient (Wildman–Crippen LogP) is 6.27. The van der Waals surface area contributed by atoms with Gasteiger partial charge in [-0.15, -0.1) is 0 Å². The van der Waals surface area contributed by atoms with E-state index in [-0.39, 0.29) is 6.09 Å². The molecule has 0 radical (unpaired) electrons. The van der Waals surface area contributed by atoms with Crippen molar-refractivity contribution in [1.29, 1.82) is 0 Å². The Morgan fingerprint density at radius 1 is 0.962 bits per heavy atom. The molecule has 0 unspecified atom stereocenters. The smallest absolute Gasteiger partial charge is 0.413 e. The molecule has 2 aromatic carbocycles. The number of rotatable bonds is 9. The second-order valence-electron chi connectivity index (χ2n) is 6.41. The van der Waals surface area contributed by atoms with Gasteiger partial charge in [0.15, 0.2) is 0 Å². The number of carbonyl (C=O) groups excluding carboxylic acids is 1. The highest BCUT2D eigenvalue weighted by atomic mass is 16.5. The topological polar surface area (TPSA) is 29.5 Å². The van der Waals surface area contributed by atoms with Gasteiger partial charge >= 0.3 is 6.09 Å². The lowest BCUT2D eigenvalue weighted by atomic mass is 10.00. The second kappa shape index (κ2) is 11.1. The van der Waals surface area contributed by atoms with E-state index in [1.807, 2.05) is 54.7 Å². The Balaban J connectivity index is 2.24. The van der Waals surface area contributed by atoms with E-state index in [0.29, 0.717) is 6.54 Å². The lowest BCUT2D eigenvalue weighted by Crippen LogP contribution is -2.25. The third-order valence-corrected chi connectivity index (χ3v) is 4.36. The molecule has 138 valence electrons. The summed E-state index contributed by atoms with van der Waals surface area (Å²) in [7, 11) is 1.43. The van der Waals surface area contributed by atoms with Crippen LogP contribution in [0.25, 0.3) is 5.57 Å². The molecule has 0 aliphatic rings. The number of hydrogen-bond acceptors (Lipinski definition) is 2. The van der Waals surface area contributed by atoms with Crippen molar-refractivity contribution < 1.29 is 9.53 Å². The zero-order chi connectivity index (χ0) is 18.6. The molecule has 0 saturated heterocycles. The first-order chi connectivity index (χ1) is 12.7. The number of amides is 1. The first kappa shape index (κ1) is 19.8. The molecule has 0 spiro atoms. The van der Waals surface area contributed by atoms with Crippen LogP contribution in [0.3, 0.4) is 0 Å². The third-order valence-electron chi connectivity index (χ3n) is 4.36. The molecule has 1 amide bonds. The lowest BCUT2D eigenvalue weighted by molar-refractivity contribution is 0.138. The molecule has 2 aromatic rings. The summed E-state index contributed by atoms with van der Waals surface area (Å²) >= 11 is 0. The summed E-state index contributed by atoms with van der Waals surface area (Å²) in [4.78, 5) is 14.0. The van der Waals surface area contributed by atoms with Crippen LogP contribution in [0.4, 0.5) is 4.79 Å². The van der Waals surface area contributed by atoms with E-state index < -0.39 is 0 Å². The van der Waals surface area contributed by atoms with Crippen LogP contribution in [0.5, 0.6) is 0 Å². The molecule has 0 bridgehead atoms. The number of unbranched alkanes of at least 4 members (excludes halogenated alkanes) is 3. The van der Waals surface area contributed by atoms with Crippen molar-refractivity contribution in [2.24, 2.45) is 0 Å². The largest absolute Gasteiger partial charge is 0.452 e. The molecule has 26 heavy (non-hydrogen) atoms. The maximum Gasteiger partial charge on any atom is 0.413 e. The normalized spacial score (nSPS) is 11.2. The number of methoxy groups -OCH3 is 1. The zero-order valence-electron chi connectivity index (χ0n) is 15.9. The lowest BCUT2D eigenvalue weighted by Gasteiger charge is -2.20. The van der Waals surface area contributed by atoms with Crippen LogP contribution in [-0.4, -0.2) is 18.1 Å². The minimum absolute atomic E-state index is 0.337. The maximum absolute atomic E-state index is 12.3. The fourth-order valence-corrected chi connectivity index (χ4v) is 2.93. The summed E-state index contributed by atoms with van der Waals surface area (Å²) in [6.07, 6.45) is 7.36. The Bertz CT molecular complexity index is 680. The summed E-state index contributed by atoms with van der Waals surface area (Å²) < 4.78 is 5.01. The van der Waals surface area contributed by atoms with Crippen LogP contribution in [0.1, 0.15) is 50.2 Å². The van der Waals surface area contributed by atoms with Gasteiger partial charge in [-0.3, -0.25) is 4.90 Å². The SMILES string of the molecule is CCCCCC/C(=C\N(Cc1ccccc1)C(=O)OC)c1ccccc1. The highest BCUT2D eigenvalue weighted by molar-refractivity contribution is 5.73. The van der Waals surface area contributed by atoms with Crippen LogP contribution in [0.2, 0.25) is 0 Å². The molecular formula is C23H29NO2. The Morgan fingerprint density at radius 2 is 1.62 bits per heavy atom. The summed E-state index contributed by atoms with van der Waals surface area (Å²) in [6, 6.07) is 20.3. The Hall–Kier alpha value is -2.55. The van der Waals surface area contributed by atoms with Gasteiger partial charge in [-0.05, 0) is 29.5 Å². The summed E-state index contributed by atoms with van der Waals surface area (Å²) in [5.74, 6) is 0. The van der Waals surface area contributed by atoms with Crippen molar-refractivity contribution in [3.05, 3.63) is 78.0 Å². The first-order valence-corrected chi connectivity index (χ1v) is 9.39. The van der Waals surface area contributed by atoms with E-state index in [9.17, 15) is 4.79 Å². The maximum atomic E-state index is 12.3. The van der Waals surface area contributed by atoms with Crippen molar-refractivity contribution in [3.63, 3.8) is 0 Å². The quantitative estimate of drug-likeness (QED) is 0.499. The van der Waals surface area contributed by atoms with Gasteiger partial charge in [-0.1, -0.05) is 86.8 Å². The van der Waals surface area contributed by atoms with Gasteiger partial charge in [-0.25, -0.2) is 4.79 Å². The number of carbonyl (C=O) groups is 1. The van der Waals surface area contributed by atoms with Crippen molar-refractivity contribution in [2.45, 2.75) is 45.6 Å². The second-order valence-corrected chi connectivity index (χ2v) is 6.41. The highest BCUT2D eigenvalue weighted by Crippen LogP contribution is 2.23. The van der Waals surface area contributed by atoms with E-state index in [2.05, 4.69) is 19.1 Å². The van der Waals surface area contributed by atoms with Crippen LogP contribution in [0, 0.1) is 0 Å². The Labute approximate surface area is 157 Å². The summed E-state index contributed by atoms with van der Waals surface area (Å²) in [6.45, 7) is 2.71. The van der Waals surface area contributed by atoms with Crippen molar-refractivity contribution in [2.75, 3.05) is 7.11 Å². The molecule has 0 aliphatic carbocycles. The molecule has 3 nitrogen and oxygen atoms in total. The molecular weight excluding hydrogens is 322 g/mol. The fraction of sp³-hybridized carbons (Fsp3) is 0.348. The van der Waals surface area contributed by atoms with Gasteiger partial charge in [0.2, 0.25) is 0 Å². The Kier molecular flexibility index (Phi) is 8.47. The molecule has 3 heteroatoms. The minimum Gasteiger partial charge on any atom is -0.452 e. The van der Waals surface area contributed by atoms with Crippen molar-refractivity contribution >= 4 is 11.7 Å². The number of nitrogens with zero attached hydrogens (tertiary/aromatic N) is 1. The average molecular weight is 351 g/mol. The van der Waals surface area contributed by atoms with E-state index >= 15 is 0 Å². The van der Waals surface area contributed by atoms with E-state index in [1.54, 1.807) is 4.90 Å². The number of allylic oxidation sites excluding steroid dienone is 1. The average Bonchev–Trinajstić information content (AvgIpc) is 2.70. The number of hydrogen-bond donors (Lipinski definition) is 0. The van der Waals surface area contributed by atoms with Crippen LogP contribution in [0.15, 0.2) is 66.9 Å². The van der Waals surface area contributed by atoms with Crippen molar-refractivity contribution in [1.82, 2.24) is 4.90 Å². The first-order valence-electron chi connectivity index (χ1n) is 9.39. The molecule has 2 rings (SSSR count). The predicted molar refractivity (Wildman–Crippen MR) is 108 cm³/mol. The highest BCUT2D eigenvalue weighted by Gasteiger charge is 2.14. The summed E-state index contributed by atoms with van der Waals surface area (Å²) in [5.41, 5.74) is 3.40. The van der Waals surface area contributed by atoms with Gasteiger partial charge in [-0.2, -0.15) is 0 Å². The molecule has 0 N–H and O–H groups in total.